The van der Waals surface area contributed by atoms with Gasteiger partial charge in [-0.05, 0) is 23.6 Å². The van der Waals surface area contributed by atoms with Gasteiger partial charge in [-0.25, -0.2) is 14.5 Å². The molecule has 1 saturated heterocycles. The summed E-state index contributed by atoms with van der Waals surface area (Å²) in [5.74, 6) is 1.02. The van der Waals surface area contributed by atoms with E-state index in [-0.39, 0.29) is 13.1 Å². The Balaban J connectivity index is 1.48. The normalized spacial score (nSPS) is 18.8. The molecule has 5 rings (SSSR count). The number of hydrogen-bond acceptors (Lipinski definition) is 7. The molecule has 14 heteroatoms. The van der Waals surface area contributed by atoms with E-state index in [1.165, 1.54) is 17.3 Å². The van der Waals surface area contributed by atoms with Crippen LogP contribution in [0.4, 0.5) is 23.8 Å². The lowest BCUT2D eigenvalue weighted by molar-refractivity contribution is -0.142. The number of amides is 1. The molecule has 1 amide bonds. The van der Waals surface area contributed by atoms with Crippen molar-refractivity contribution in [3.63, 3.8) is 0 Å². The summed E-state index contributed by atoms with van der Waals surface area (Å²) in [4.78, 5) is 24.3. The van der Waals surface area contributed by atoms with E-state index in [1.54, 1.807) is 41.3 Å². The van der Waals surface area contributed by atoms with Crippen LogP contribution in [0.25, 0.3) is 28.0 Å². The highest BCUT2D eigenvalue weighted by Crippen LogP contribution is 2.30. The predicted octanol–water partition coefficient (Wildman–Crippen LogP) is 3.82. The van der Waals surface area contributed by atoms with E-state index >= 15 is 0 Å². The second kappa shape index (κ2) is 10.1. The fourth-order valence-corrected chi connectivity index (χ4v) is 4.92. The summed E-state index contributed by atoms with van der Waals surface area (Å²) in [5.41, 5.74) is 1.10. The maximum absolute atomic E-state index is 12.8. The van der Waals surface area contributed by atoms with E-state index in [9.17, 15) is 28.2 Å². The average Bonchev–Trinajstić information content (AvgIpc) is 3.45. The SMILES string of the molecule is CC(C)(C)[C@@H]1CN(c2cccc(-n3ncc4cnc(-c5cnn(CC(F)(F)F)c5)cc43)n2)CC(O)CN1C(=O)O. The number of halogens is 3. The molecule has 0 spiro atoms. The van der Waals surface area contributed by atoms with Crippen LogP contribution in [0.3, 0.4) is 0 Å². The summed E-state index contributed by atoms with van der Waals surface area (Å²) >= 11 is 0. The Labute approximate surface area is 227 Å². The average molecular weight is 559 g/mol. The van der Waals surface area contributed by atoms with Gasteiger partial charge in [0, 0.05) is 36.4 Å². The fourth-order valence-electron chi connectivity index (χ4n) is 4.92. The van der Waals surface area contributed by atoms with Gasteiger partial charge in [-0.2, -0.15) is 23.4 Å². The van der Waals surface area contributed by atoms with Crippen LogP contribution in [0.1, 0.15) is 20.8 Å². The Morgan fingerprint density at radius 2 is 1.80 bits per heavy atom. The summed E-state index contributed by atoms with van der Waals surface area (Å²) in [6.07, 6.45) is -0.570. The number of nitrogens with zero attached hydrogens (tertiary/aromatic N) is 8. The first-order valence-corrected chi connectivity index (χ1v) is 12.6. The number of pyridine rings is 2. The number of fused-ring (bicyclic) bond motifs is 1. The number of anilines is 1. The standard InChI is InChI=1S/C26H29F3N8O3/c1-25(2,3)21-14-34(12-18(38)13-36(21)24(39)40)22-5-4-6-23(33-22)37-20-7-19(30-8-16(20)9-32-37)17-10-31-35(11-17)15-26(27,28)29/h4-11,18,21,38H,12-15H2,1-3H3,(H,39,40)/t18?,21-/m0/s1. The second-order valence-corrected chi connectivity index (χ2v) is 11.0. The van der Waals surface area contributed by atoms with Crippen molar-refractivity contribution in [2.24, 2.45) is 5.41 Å². The van der Waals surface area contributed by atoms with Gasteiger partial charge in [0.15, 0.2) is 5.82 Å². The van der Waals surface area contributed by atoms with Gasteiger partial charge in [0.1, 0.15) is 12.4 Å². The Morgan fingerprint density at radius 1 is 1.05 bits per heavy atom. The van der Waals surface area contributed by atoms with Crippen LogP contribution in [0.15, 0.2) is 49.1 Å². The van der Waals surface area contributed by atoms with Crippen molar-refractivity contribution >= 4 is 22.8 Å². The highest BCUT2D eigenvalue weighted by atomic mass is 19.4. The molecular formula is C26H29F3N8O3. The zero-order valence-electron chi connectivity index (χ0n) is 22.1. The molecule has 4 aromatic rings. The molecule has 1 unspecified atom stereocenters. The number of aliphatic hydroxyl groups is 1. The van der Waals surface area contributed by atoms with Crippen molar-refractivity contribution < 1.29 is 28.2 Å². The summed E-state index contributed by atoms with van der Waals surface area (Å²) < 4.78 is 40.7. The molecule has 0 bridgehead atoms. The summed E-state index contributed by atoms with van der Waals surface area (Å²) in [7, 11) is 0. The van der Waals surface area contributed by atoms with Gasteiger partial charge in [0.05, 0.1) is 42.3 Å². The Bertz CT molecular complexity index is 1530. The number of β-amino-alcohol motifs (C(OH)–C–C–N with tert-alkyl or cyclic N) is 1. The van der Waals surface area contributed by atoms with Crippen LogP contribution in [0, 0.1) is 5.41 Å². The van der Waals surface area contributed by atoms with E-state index in [2.05, 4.69) is 15.2 Å². The number of rotatable bonds is 4. The highest BCUT2D eigenvalue weighted by Gasteiger charge is 2.39. The van der Waals surface area contributed by atoms with Crippen LogP contribution in [-0.2, 0) is 6.54 Å². The molecule has 2 atom stereocenters. The second-order valence-electron chi connectivity index (χ2n) is 11.0. The molecule has 0 aliphatic carbocycles. The first-order chi connectivity index (χ1) is 18.8. The minimum absolute atomic E-state index is 0.00736. The summed E-state index contributed by atoms with van der Waals surface area (Å²) in [6, 6.07) is 6.66. The van der Waals surface area contributed by atoms with E-state index in [4.69, 9.17) is 4.98 Å². The quantitative estimate of drug-likeness (QED) is 0.387. The number of carboxylic acid groups (broad SMARTS) is 1. The van der Waals surface area contributed by atoms with Gasteiger partial charge in [0.25, 0.3) is 0 Å². The van der Waals surface area contributed by atoms with Crippen molar-refractivity contribution in [1.82, 2.24) is 34.4 Å². The van der Waals surface area contributed by atoms with Gasteiger partial charge in [-0.1, -0.05) is 26.8 Å². The molecule has 0 saturated carbocycles. The number of carbonyl (C=O) groups is 1. The largest absolute Gasteiger partial charge is 0.465 e. The molecule has 5 heterocycles. The van der Waals surface area contributed by atoms with Crippen LogP contribution in [0.2, 0.25) is 0 Å². The van der Waals surface area contributed by atoms with Crippen LogP contribution in [0.5, 0.6) is 0 Å². The maximum Gasteiger partial charge on any atom is 0.408 e. The van der Waals surface area contributed by atoms with Crippen molar-refractivity contribution in [3.05, 3.63) is 49.1 Å². The van der Waals surface area contributed by atoms with Crippen LogP contribution >= 0.6 is 0 Å². The lowest BCUT2D eigenvalue weighted by Gasteiger charge is -2.39. The van der Waals surface area contributed by atoms with Crippen LogP contribution in [-0.4, -0.2) is 88.7 Å². The monoisotopic (exact) mass is 558 g/mol. The maximum atomic E-state index is 12.8. The van der Waals surface area contributed by atoms with Crippen LogP contribution < -0.4 is 4.90 Å². The predicted molar refractivity (Wildman–Crippen MR) is 140 cm³/mol. The van der Waals surface area contributed by atoms with Gasteiger partial charge < -0.3 is 20.0 Å². The van der Waals surface area contributed by atoms with Crippen molar-refractivity contribution in [1.29, 1.82) is 0 Å². The molecule has 1 aliphatic heterocycles. The van der Waals surface area contributed by atoms with Crippen molar-refractivity contribution in [3.8, 4) is 17.1 Å². The lowest BCUT2D eigenvalue weighted by atomic mass is 9.85. The molecule has 4 aromatic heterocycles. The molecular weight excluding hydrogens is 529 g/mol. The zero-order chi connectivity index (χ0) is 28.8. The van der Waals surface area contributed by atoms with Gasteiger partial charge in [-0.3, -0.25) is 9.67 Å². The molecule has 11 nitrogen and oxygen atoms in total. The van der Waals surface area contributed by atoms with Gasteiger partial charge in [0.2, 0.25) is 0 Å². The first-order valence-electron chi connectivity index (χ1n) is 12.6. The van der Waals surface area contributed by atoms with Crippen molar-refractivity contribution in [2.75, 3.05) is 24.5 Å². The Hall–Kier alpha value is -4.20. The molecule has 212 valence electrons. The molecule has 0 radical (unpaired) electrons. The summed E-state index contributed by atoms with van der Waals surface area (Å²) in [6.45, 7) is 5.20. The number of aromatic nitrogens is 6. The highest BCUT2D eigenvalue weighted by molar-refractivity contribution is 5.83. The van der Waals surface area contributed by atoms with E-state index in [1.807, 2.05) is 25.7 Å². The van der Waals surface area contributed by atoms with Gasteiger partial charge in [-0.15, -0.1) is 0 Å². The Kier molecular flexibility index (Phi) is 6.90. The molecule has 1 fully saturated rings. The number of hydrogen-bond donors (Lipinski definition) is 2. The molecule has 2 N–H and O–H groups in total. The lowest BCUT2D eigenvalue weighted by Crippen LogP contribution is -2.51. The van der Waals surface area contributed by atoms with E-state index in [0.29, 0.717) is 40.3 Å². The fraction of sp³-hybridized carbons (Fsp3) is 0.423. The Morgan fingerprint density at radius 3 is 2.50 bits per heavy atom. The number of aliphatic hydroxyl groups excluding tert-OH is 1. The minimum atomic E-state index is -4.39. The summed E-state index contributed by atoms with van der Waals surface area (Å²) in [5, 5.41) is 29.4. The van der Waals surface area contributed by atoms with Gasteiger partial charge >= 0.3 is 12.3 Å². The molecule has 0 aromatic carbocycles. The topological polar surface area (TPSA) is 125 Å². The van der Waals surface area contributed by atoms with E-state index < -0.39 is 36.4 Å². The molecule has 40 heavy (non-hydrogen) atoms. The first kappa shape index (κ1) is 27.4. The van der Waals surface area contributed by atoms with E-state index in [0.717, 1.165) is 4.68 Å². The smallest absolute Gasteiger partial charge is 0.408 e. The molecule has 1 aliphatic rings. The third kappa shape index (κ3) is 5.71. The zero-order valence-corrected chi connectivity index (χ0v) is 22.1. The number of alkyl halides is 3. The minimum Gasteiger partial charge on any atom is -0.465 e. The third-order valence-corrected chi connectivity index (χ3v) is 6.84. The van der Waals surface area contributed by atoms with Crippen molar-refractivity contribution in [2.45, 2.75) is 45.6 Å². The third-order valence-electron chi connectivity index (χ3n) is 6.84.